The van der Waals surface area contributed by atoms with Gasteiger partial charge in [-0.15, -0.1) is 0 Å². The second-order valence-electron chi connectivity index (χ2n) is 17.9. The monoisotopic (exact) mass is 893 g/mol. The third kappa shape index (κ3) is 47.2. The van der Waals surface area contributed by atoms with Gasteiger partial charge in [0.15, 0.2) is 6.10 Å². The molecule has 0 aromatic carbocycles. The summed E-state index contributed by atoms with van der Waals surface area (Å²) >= 11 is 0. The molecule has 0 heterocycles. The van der Waals surface area contributed by atoms with Crippen molar-refractivity contribution in [1.29, 1.82) is 0 Å². The molecular formula is C52H95NO8P+. The Balaban J connectivity index is 4.38. The van der Waals surface area contributed by atoms with Crippen molar-refractivity contribution in [2.24, 2.45) is 0 Å². The third-order valence-electron chi connectivity index (χ3n) is 10.6. The number of ether oxygens (including phenoxy) is 2. The average molecular weight is 893 g/mol. The van der Waals surface area contributed by atoms with E-state index in [9.17, 15) is 19.0 Å². The minimum Gasteiger partial charge on any atom is -0.462 e. The number of allylic oxidation sites excluding steroid dienone is 10. The Labute approximate surface area is 381 Å². The molecule has 0 bridgehead atoms. The molecule has 0 rings (SSSR count). The second kappa shape index (κ2) is 43.9. The summed E-state index contributed by atoms with van der Waals surface area (Å²) in [7, 11) is 1.44. The predicted octanol–water partition coefficient (Wildman–Crippen LogP) is 14.8. The van der Waals surface area contributed by atoms with Crippen LogP contribution in [0.1, 0.15) is 206 Å². The Morgan fingerprint density at radius 2 is 0.903 bits per heavy atom. The average Bonchev–Trinajstić information content (AvgIpc) is 3.23. The van der Waals surface area contributed by atoms with Gasteiger partial charge in [-0.3, -0.25) is 18.6 Å². The summed E-state index contributed by atoms with van der Waals surface area (Å²) in [5.74, 6) is -0.890. The van der Waals surface area contributed by atoms with Gasteiger partial charge in [-0.05, 0) is 51.4 Å². The number of carbonyl (C=O) groups excluding carboxylic acids is 2. The lowest BCUT2D eigenvalue weighted by Crippen LogP contribution is -2.37. The van der Waals surface area contributed by atoms with Gasteiger partial charge in [-0.1, -0.05) is 203 Å². The zero-order valence-electron chi connectivity index (χ0n) is 40.6. The molecule has 62 heavy (non-hydrogen) atoms. The number of nitrogens with zero attached hydrogens (tertiary/aromatic N) is 1. The van der Waals surface area contributed by atoms with Crippen molar-refractivity contribution < 1.29 is 42.1 Å². The fraction of sp³-hybridized carbons (Fsp3) is 0.769. The molecule has 1 N–H and O–H groups in total. The van der Waals surface area contributed by atoms with E-state index < -0.39 is 32.5 Å². The van der Waals surface area contributed by atoms with Crippen molar-refractivity contribution in [3.05, 3.63) is 60.8 Å². The van der Waals surface area contributed by atoms with E-state index in [4.69, 9.17) is 18.5 Å². The minimum atomic E-state index is -4.40. The van der Waals surface area contributed by atoms with Crippen LogP contribution in [0.3, 0.4) is 0 Å². The van der Waals surface area contributed by atoms with Gasteiger partial charge in [0.2, 0.25) is 0 Å². The molecule has 0 amide bonds. The summed E-state index contributed by atoms with van der Waals surface area (Å²) in [6, 6.07) is 0. The number of quaternary nitrogens is 1. The summed E-state index contributed by atoms with van der Waals surface area (Å²) in [5, 5.41) is 0. The number of unbranched alkanes of at least 4 members (excludes halogenated alkanes) is 21. The Bertz CT molecular complexity index is 1240. The first kappa shape index (κ1) is 59.7. The fourth-order valence-electron chi connectivity index (χ4n) is 6.64. The van der Waals surface area contributed by atoms with Gasteiger partial charge in [0, 0.05) is 12.8 Å². The SMILES string of the molecule is CCCCC/C=C\C/C=C\C/C=C\C/C=C\C/C=C\CCC(=O)OC[C@H](COP(=O)(O)OCC[N+](C)(C)C)OC(=O)CCCCCCCCCCCCCCCCCCCCC. The van der Waals surface area contributed by atoms with Gasteiger partial charge in [-0.25, -0.2) is 4.57 Å². The van der Waals surface area contributed by atoms with Gasteiger partial charge in [0.1, 0.15) is 19.8 Å². The lowest BCUT2D eigenvalue weighted by Gasteiger charge is -2.24. The molecule has 2 atom stereocenters. The number of likely N-dealkylation sites (N-methyl/N-ethyl adjacent to an activating group) is 1. The van der Waals surface area contributed by atoms with Crippen LogP contribution in [-0.2, 0) is 32.7 Å². The van der Waals surface area contributed by atoms with Gasteiger partial charge in [0.05, 0.1) is 27.7 Å². The van der Waals surface area contributed by atoms with Crippen LogP contribution < -0.4 is 0 Å². The third-order valence-corrected chi connectivity index (χ3v) is 11.5. The fourth-order valence-corrected chi connectivity index (χ4v) is 7.39. The number of esters is 2. The number of phosphoric acid groups is 1. The van der Waals surface area contributed by atoms with E-state index in [0.717, 1.165) is 38.5 Å². The molecule has 0 aromatic rings. The number of rotatable bonds is 45. The summed E-state index contributed by atoms with van der Waals surface area (Å²) in [6.07, 6.45) is 54.3. The van der Waals surface area contributed by atoms with Crippen molar-refractivity contribution in [3.63, 3.8) is 0 Å². The molecule has 0 saturated carbocycles. The molecule has 0 aliphatic rings. The zero-order chi connectivity index (χ0) is 45.7. The van der Waals surface area contributed by atoms with Crippen molar-refractivity contribution in [3.8, 4) is 0 Å². The molecule has 0 fully saturated rings. The Kier molecular flexibility index (Phi) is 42.3. The minimum absolute atomic E-state index is 0.0199. The van der Waals surface area contributed by atoms with E-state index in [1.807, 2.05) is 33.3 Å². The first-order valence-electron chi connectivity index (χ1n) is 25.0. The normalized spacial score (nSPS) is 14.0. The smallest absolute Gasteiger partial charge is 0.462 e. The standard InChI is InChI=1S/C52H94NO8P/c1-6-8-10-12-14-16-18-20-22-24-26-28-30-32-34-36-38-40-42-44-51(54)58-48-50(49-60-62(56,57)59-47-46-53(3,4)5)61-52(55)45-43-41-39-37-35-33-31-29-27-25-23-21-19-17-15-13-11-9-7-2/h14,16,20,22,26,28,32,34,38,40,50H,6-13,15,17-19,21,23-25,27,29-31,33,35-37,39,41-49H2,1-5H3/p+1/b16-14-,22-20-,28-26-,34-32-,40-38-/t50-/m1/s1. The van der Waals surface area contributed by atoms with Crippen LogP contribution in [0.15, 0.2) is 60.8 Å². The van der Waals surface area contributed by atoms with E-state index in [1.165, 1.54) is 128 Å². The Morgan fingerprint density at radius 3 is 1.35 bits per heavy atom. The maximum Gasteiger partial charge on any atom is 0.472 e. The number of carbonyl (C=O) groups is 2. The van der Waals surface area contributed by atoms with Crippen LogP contribution in [0.4, 0.5) is 0 Å². The van der Waals surface area contributed by atoms with Gasteiger partial charge in [-0.2, -0.15) is 0 Å². The van der Waals surface area contributed by atoms with E-state index in [1.54, 1.807) is 0 Å². The number of hydrogen-bond acceptors (Lipinski definition) is 7. The van der Waals surface area contributed by atoms with Crippen LogP contribution in [0, 0.1) is 0 Å². The first-order valence-corrected chi connectivity index (χ1v) is 26.5. The highest BCUT2D eigenvalue weighted by Gasteiger charge is 2.27. The molecular weight excluding hydrogens is 798 g/mol. The van der Waals surface area contributed by atoms with Crippen molar-refractivity contribution in [2.75, 3.05) is 47.5 Å². The summed E-state index contributed by atoms with van der Waals surface area (Å²) in [6.45, 7) is 4.33. The van der Waals surface area contributed by atoms with Crippen LogP contribution >= 0.6 is 7.82 Å². The van der Waals surface area contributed by atoms with Crippen LogP contribution in [0.2, 0.25) is 0 Å². The Morgan fingerprint density at radius 1 is 0.500 bits per heavy atom. The summed E-state index contributed by atoms with van der Waals surface area (Å²) in [4.78, 5) is 35.5. The maximum atomic E-state index is 12.7. The van der Waals surface area contributed by atoms with Gasteiger partial charge < -0.3 is 18.9 Å². The maximum absolute atomic E-state index is 12.7. The summed E-state index contributed by atoms with van der Waals surface area (Å²) < 4.78 is 34.3. The molecule has 0 aliphatic heterocycles. The predicted molar refractivity (Wildman–Crippen MR) is 261 cm³/mol. The Hall–Kier alpha value is -2.29. The van der Waals surface area contributed by atoms with Crippen LogP contribution in [-0.4, -0.2) is 74.9 Å². The van der Waals surface area contributed by atoms with E-state index in [0.29, 0.717) is 23.9 Å². The van der Waals surface area contributed by atoms with Crippen molar-refractivity contribution >= 4 is 19.8 Å². The molecule has 0 spiro atoms. The van der Waals surface area contributed by atoms with E-state index >= 15 is 0 Å². The zero-order valence-corrected chi connectivity index (χ0v) is 41.5. The topological polar surface area (TPSA) is 108 Å². The van der Waals surface area contributed by atoms with Gasteiger partial charge in [0.25, 0.3) is 0 Å². The molecule has 0 radical (unpaired) electrons. The molecule has 1 unspecified atom stereocenters. The molecule has 0 aliphatic carbocycles. The molecule has 9 nitrogen and oxygen atoms in total. The largest absolute Gasteiger partial charge is 0.472 e. The lowest BCUT2D eigenvalue weighted by molar-refractivity contribution is -0.870. The highest BCUT2D eigenvalue weighted by molar-refractivity contribution is 7.47. The highest BCUT2D eigenvalue weighted by Crippen LogP contribution is 2.43. The molecule has 360 valence electrons. The quantitative estimate of drug-likeness (QED) is 0.0212. The van der Waals surface area contributed by atoms with Crippen LogP contribution in [0.5, 0.6) is 0 Å². The van der Waals surface area contributed by atoms with Gasteiger partial charge >= 0.3 is 19.8 Å². The van der Waals surface area contributed by atoms with Crippen molar-refractivity contribution in [1.82, 2.24) is 0 Å². The highest BCUT2D eigenvalue weighted by atomic mass is 31.2. The molecule has 0 aromatic heterocycles. The van der Waals surface area contributed by atoms with E-state index in [-0.39, 0.29) is 26.1 Å². The second-order valence-corrected chi connectivity index (χ2v) is 19.3. The first-order chi connectivity index (χ1) is 30.0. The lowest BCUT2D eigenvalue weighted by atomic mass is 10.0. The molecule has 0 saturated heterocycles. The van der Waals surface area contributed by atoms with E-state index in [2.05, 4.69) is 62.5 Å². The number of phosphoric ester groups is 1. The molecule has 10 heteroatoms. The van der Waals surface area contributed by atoms with Crippen molar-refractivity contribution in [2.45, 2.75) is 213 Å². The van der Waals surface area contributed by atoms with Crippen LogP contribution in [0.25, 0.3) is 0 Å². The summed E-state index contributed by atoms with van der Waals surface area (Å²) in [5.41, 5.74) is 0. The number of hydrogen-bond donors (Lipinski definition) is 1.